The fourth-order valence-electron chi connectivity index (χ4n) is 4.82. The molecule has 7 nitrogen and oxygen atoms in total. The fourth-order valence-corrected chi connectivity index (χ4v) is 4.82. The second-order valence-electron chi connectivity index (χ2n) is 8.43. The molecule has 0 radical (unpaired) electrons. The molecule has 2 bridgehead atoms. The molecule has 1 aromatic carbocycles. The Bertz CT molecular complexity index is 1020. The topological polar surface area (TPSA) is 76.6 Å². The van der Waals surface area contributed by atoms with Gasteiger partial charge in [0.1, 0.15) is 11.9 Å². The SMILES string of the molecule is Nc1ccc(CCN2c3nc(N4CC5CC4CO5)cc(=O)n3CC[C@H]2C(F)(F)F)cc1. The highest BCUT2D eigenvalue weighted by molar-refractivity contribution is 5.49. The number of hydrogen-bond donors (Lipinski definition) is 1. The molecule has 3 atom stereocenters. The van der Waals surface area contributed by atoms with E-state index in [9.17, 15) is 18.0 Å². The minimum absolute atomic E-state index is 0.000835. The van der Waals surface area contributed by atoms with Crippen LogP contribution in [0.15, 0.2) is 35.1 Å². The maximum atomic E-state index is 13.9. The molecule has 1 aromatic heterocycles. The Morgan fingerprint density at radius 1 is 1.23 bits per heavy atom. The van der Waals surface area contributed by atoms with Crippen molar-refractivity contribution in [3.05, 3.63) is 46.2 Å². The van der Waals surface area contributed by atoms with Crippen LogP contribution in [0.25, 0.3) is 0 Å². The molecule has 2 unspecified atom stereocenters. The standard InChI is InChI=1S/C21H24F3N5O2/c22-21(23,24)17-6-8-28-19(30)10-18(29-11-16-9-15(29)12-31-16)26-20(28)27(17)7-5-13-1-3-14(25)4-2-13/h1-4,10,15-17H,5-9,11-12,25H2/t15?,16?,17-/m0/s1. The number of nitrogens with zero attached hydrogens (tertiary/aromatic N) is 4. The number of fused-ring (bicyclic) bond motifs is 3. The second-order valence-corrected chi connectivity index (χ2v) is 8.43. The van der Waals surface area contributed by atoms with Crippen molar-refractivity contribution >= 4 is 17.5 Å². The number of anilines is 3. The van der Waals surface area contributed by atoms with E-state index in [2.05, 4.69) is 4.98 Å². The zero-order chi connectivity index (χ0) is 21.8. The zero-order valence-electron chi connectivity index (χ0n) is 16.9. The first-order valence-corrected chi connectivity index (χ1v) is 10.5. The summed E-state index contributed by atoms with van der Waals surface area (Å²) in [5.41, 5.74) is 6.86. The Balaban J connectivity index is 1.49. The summed E-state index contributed by atoms with van der Waals surface area (Å²) in [5.74, 6) is 0.530. The first-order valence-electron chi connectivity index (χ1n) is 10.5. The highest BCUT2D eigenvalue weighted by atomic mass is 19.4. The first kappa shape index (κ1) is 20.2. The van der Waals surface area contributed by atoms with Gasteiger partial charge in [-0.05, 0) is 37.0 Å². The number of alkyl halides is 3. The molecule has 0 spiro atoms. The van der Waals surface area contributed by atoms with E-state index in [1.54, 1.807) is 24.3 Å². The average molecular weight is 435 g/mol. The third-order valence-electron chi connectivity index (χ3n) is 6.43. The van der Waals surface area contributed by atoms with Gasteiger partial charge in [-0.25, -0.2) is 0 Å². The van der Waals surface area contributed by atoms with Crippen LogP contribution in [0.5, 0.6) is 0 Å². The van der Waals surface area contributed by atoms with Crippen LogP contribution < -0.4 is 21.1 Å². The van der Waals surface area contributed by atoms with Crippen LogP contribution in [-0.4, -0.2) is 53.6 Å². The van der Waals surface area contributed by atoms with Gasteiger partial charge < -0.3 is 20.3 Å². The lowest BCUT2D eigenvalue weighted by Crippen LogP contribution is -2.53. The Kier molecular flexibility index (Phi) is 4.84. The van der Waals surface area contributed by atoms with Crippen molar-refractivity contribution in [1.82, 2.24) is 9.55 Å². The van der Waals surface area contributed by atoms with Crippen molar-refractivity contribution in [3.63, 3.8) is 0 Å². The van der Waals surface area contributed by atoms with E-state index in [0.717, 1.165) is 12.0 Å². The van der Waals surface area contributed by atoms with Crippen molar-refractivity contribution in [2.75, 3.05) is 35.2 Å². The molecule has 0 amide bonds. The van der Waals surface area contributed by atoms with Gasteiger partial charge in [0.05, 0.1) is 18.8 Å². The van der Waals surface area contributed by atoms with Gasteiger partial charge in [0.25, 0.3) is 5.56 Å². The third-order valence-corrected chi connectivity index (χ3v) is 6.43. The van der Waals surface area contributed by atoms with Crippen molar-refractivity contribution in [1.29, 1.82) is 0 Å². The molecule has 2 N–H and O–H groups in total. The van der Waals surface area contributed by atoms with Crippen LogP contribution in [-0.2, 0) is 17.7 Å². The summed E-state index contributed by atoms with van der Waals surface area (Å²) in [6.45, 7) is 1.25. The third kappa shape index (κ3) is 3.73. The molecule has 2 saturated heterocycles. The van der Waals surface area contributed by atoms with Crippen LogP contribution in [0.4, 0.5) is 30.6 Å². The van der Waals surface area contributed by atoms with Gasteiger partial charge in [0.2, 0.25) is 5.95 Å². The number of ether oxygens (including phenoxy) is 1. The Morgan fingerprint density at radius 3 is 2.65 bits per heavy atom. The number of aromatic nitrogens is 2. The van der Waals surface area contributed by atoms with Gasteiger partial charge in [0.15, 0.2) is 0 Å². The molecule has 0 saturated carbocycles. The van der Waals surface area contributed by atoms with Crippen molar-refractivity contribution in [3.8, 4) is 0 Å². The minimum Gasteiger partial charge on any atom is -0.399 e. The molecule has 2 aromatic rings. The number of rotatable bonds is 4. The summed E-state index contributed by atoms with van der Waals surface area (Å²) in [6, 6.07) is 6.94. The Morgan fingerprint density at radius 2 is 2.00 bits per heavy atom. The maximum absolute atomic E-state index is 13.9. The van der Waals surface area contributed by atoms with E-state index in [0.29, 0.717) is 31.1 Å². The second kappa shape index (κ2) is 7.44. The van der Waals surface area contributed by atoms with Crippen LogP contribution >= 0.6 is 0 Å². The summed E-state index contributed by atoms with van der Waals surface area (Å²) >= 11 is 0. The summed E-state index contributed by atoms with van der Waals surface area (Å²) < 4.78 is 48.6. The van der Waals surface area contributed by atoms with Crippen molar-refractivity contribution < 1.29 is 17.9 Å². The molecule has 3 aliphatic heterocycles. The molecule has 5 rings (SSSR count). The quantitative estimate of drug-likeness (QED) is 0.742. The van der Waals surface area contributed by atoms with Crippen LogP contribution in [0.2, 0.25) is 0 Å². The monoisotopic (exact) mass is 435 g/mol. The zero-order valence-corrected chi connectivity index (χ0v) is 16.9. The summed E-state index contributed by atoms with van der Waals surface area (Å²) in [4.78, 5) is 20.6. The predicted octanol–water partition coefficient (Wildman–Crippen LogP) is 2.19. The molecule has 31 heavy (non-hydrogen) atoms. The van der Waals surface area contributed by atoms with Crippen LogP contribution in [0.3, 0.4) is 0 Å². The molecule has 166 valence electrons. The van der Waals surface area contributed by atoms with Gasteiger partial charge >= 0.3 is 6.18 Å². The van der Waals surface area contributed by atoms with Crippen molar-refractivity contribution in [2.45, 2.75) is 50.2 Å². The van der Waals surface area contributed by atoms with Gasteiger partial charge in [-0.2, -0.15) is 18.2 Å². The van der Waals surface area contributed by atoms with Gasteiger partial charge in [-0.1, -0.05) is 12.1 Å². The highest BCUT2D eigenvalue weighted by Gasteiger charge is 2.47. The number of morpholine rings is 1. The van der Waals surface area contributed by atoms with E-state index in [-0.39, 0.29) is 43.2 Å². The first-order chi connectivity index (χ1) is 14.8. The van der Waals surface area contributed by atoms with E-state index >= 15 is 0 Å². The van der Waals surface area contributed by atoms with Crippen LogP contribution in [0, 0.1) is 0 Å². The van der Waals surface area contributed by atoms with Gasteiger partial charge in [0, 0.05) is 31.4 Å². The normalized spacial score (nSPS) is 25.2. The van der Waals surface area contributed by atoms with E-state index in [4.69, 9.17) is 10.5 Å². The van der Waals surface area contributed by atoms with E-state index < -0.39 is 12.2 Å². The largest absolute Gasteiger partial charge is 0.408 e. The highest BCUT2D eigenvalue weighted by Crippen LogP contribution is 2.36. The molecular formula is C21H24F3N5O2. The number of hydrogen-bond acceptors (Lipinski definition) is 6. The predicted molar refractivity (Wildman–Crippen MR) is 110 cm³/mol. The minimum atomic E-state index is -4.42. The van der Waals surface area contributed by atoms with Gasteiger partial charge in [-0.15, -0.1) is 0 Å². The molecule has 10 heteroatoms. The maximum Gasteiger partial charge on any atom is 0.408 e. The van der Waals surface area contributed by atoms with E-state index in [1.807, 2.05) is 4.90 Å². The molecule has 4 heterocycles. The number of halogens is 3. The number of nitrogens with two attached hydrogens (primary N) is 1. The lowest BCUT2D eigenvalue weighted by atomic mass is 10.1. The summed E-state index contributed by atoms with van der Waals surface area (Å²) in [6.07, 6.45) is -3.27. The number of benzene rings is 1. The van der Waals surface area contributed by atoms with Crippen LogP contribution in [0.1, 0.15) is 18.4 Å². The summed E-state index contributed by atoms with van der Waals surface area (Å²) in [7, 11) is 0. The smallest absolute Gasteiger partial charge is 0.399 e. The van der Waals surface area contributed by atoms with Gasteiger partial charge in [-0.3, -0.25) is 9.36 Å². The molecule has 2 fully saturated rings. The molecule has 3 aliphatic rings. The summed E-state index contributed by atoms with van der Waals surface area (Å²) in [5, 5.41) is 0. The lowest BCUT2D eigenvalue weighted by molar-refractivity contribution is -0.152. The number of nitrogen functional groups attached to an aromatic ring is 1. The Hall–Kier alpha value is -2.75. The van der Waals surface area contributed by atoms with Crippen molar-refractivity contribution in [2.24, 2.45) is 0 Å². The Labute approximate surface area is 177 Å². The molecule has 0 aliphatic carbocycles. The molecular weight excluding hydrogens is 411 g/mol. The lowest BCUT2D eigenvalue weighted by Gasteiger charge is -2.39. The van der Waals surface area contributed by atoms with E-state index in [1.165, 1.54) is 15.5 Å². The fraction of sp³-hybridized carbons (Fsp3) is 0.524. The average Bonchev–Trinajstić information content (AvgIpc) is 3.36.